The topological polar surface area (TPSA) is 57.4 Å². The van der Waals surface area contributed by atoms with Crippen molar-refractivity contribution in [2.75, 3.05) is 31.1 Å². The summed E-state index contributed by atoms with van der Waals surface area (Å²) in [6.45, 7) is 3.13. The number of halogens is 5. The number of nitrogens with zero attached hydrogens (tertiary/aromatic N) is 4. The molecule has 0 saturated carbocycles. The van der Waals surface area contributed by atoms with Crippen LogP contribution in [0.3, 0.4) is 0 Å². The fourth-order valence-electron chi connectivity index (χ4n) is 4.11. The zero-order valence-electron chi connectivity index (χ0n) is 17.6. The molecule has 3 aromatic rings. The van der Waals surface area contributed by atoms with Gasteiger partial charge >= 0.3 is 6.43 Å². The molecule has 6 nitrogen and oxygen atoms in total. The SMILES string of the molecule is Fc1ccc(N(Cc2ccc(-c3nnc(C(F)F)o3)cc2F)C(=S)N2CC3(CNC3)C2)cc1F. The van der Waals surface area contributed by atoms with Crippen molar-refractivity contribution in [3.8, 4) is 11.5 Å². The fourth-order valence-corrected chi connectivity index (χ4v) is 4.41. The Morgan fingerprint density at radius 2 is 1.82 bits per heavy atom. The van der Waals surface area contributed by atoms with Gasteiger partial charge in [-0.15, -0.1) is 10.2 Å². The van der Waals surface area contributed by atoms with Gasteiger partial charge in [0.05, 0.1) is 6.54 Å². The molecule has 0 radical (unpaired) electrons. The molecule has 1 N–H and O–H groups in total. The maximum atomic E-state index is 15.0. The normalized spacial score (nSPS) is 16.5. The first-order chi connectivity index (χ1) is 16.2. The molecule has 3 heterocycles. The van der Waals surface area contributed by atoms with Gasteiger partial charge in [0.1, 0.15) is 5.82 Å². The average molecular weight is 495 g/mol. The highest BCUT2D eigenvalue weighted by atomic mass is 32.1. The minimum Gasteiger partial charge on any atom is -0.415 e. The molecule has 0 amide bonds. The van der Waals surface area contributed by atoms with Gasteiger partial charge in [-0.3, -0.25) is 0 Å². The maximum absolute atomic E-state index is 15.0. The van der Waals surface area contributed by atoms with Crippen LogP contribution in [0.25, 0.3) is 11.5 Å². The van der Waals surface area contributed by atoms with Crippen molar-refractivity contribution < 1.29 is 26.4 Å². The molecule has 5 rings (SSSR count). The molecule has 2 aliphatic heterocycles. The van der Waals surface area contributed by atoms with Crippen LogP contribution >= 0.6 is 12.2 Å². The summed E-state index contributed by atoms with van der Waals surface area (Å²) in [5.41, 5.74) is 0.769. The Balaban J connectivity index is 1.41. The number of aromatic nitrogens is 2. The Hall–Kier alpha value is -3.12. The number of benzene rings is 2. The zero-order chi connectivity index (χ0) is 24.0. The summed E-state index contributed by atoms with van der Waals surface area (Å²) in [4.78, 5) is 3.48. The van der Waals surface area contributed by atoms with Crippen molar-refractivity contribution in [2.24, 2.45) is 5.41 Å². The van der Waals surface area contributed by atoms with Gasteiger partial charge in [-0.2, -0.15) is 8.78 Å². The van der Waals surface area contributed by atoms with E-state index in [2.05, 4.69) is 15.5 Å². The van der Waals surface area contributed by atoms with E-state index in [1.807, 2.05) is 4.90 Å². The fraction of sp³-hybridized carbons (Fsp3) is 0.318. The lowest BCUT2D eigenvalue weighted by atomic mass is 9.75. The molecule has 0 aliphatic carbocycles. The monoisotopic (exact) mass is 495 g/mol. The van der Waals surface area contributed by atoms with Gasteiger partial charge in [0.15, 0.2) is 16.7 Å². The van der Waals surface area contributed by atoms with E-state index in [-0.39, 0.29) is 34.7 Å². The molecule has 2 aromatic carbocycles. The van der Waals surface area contributed by atoms with Crippen molar-refractivity contribution in [1.29, 1.82) is 0 Å². The Kier molecular flexibility index (Phi) is 5.72. The second-order valence-corrected chi connectivity index (χ2v) is 8.84. The first kappa shape index (κ1) is 22.7. The number of alkyl halides is 2. The first-order valence-electron chi connectivity index (χ1n) is 10.4. The Labute approximate surface area is 196 Å². The molecule has 0 unspecified atom stereocenters. The van der Waals surface area contributed by atoms with E-state index in [0.29, 0.717) is 18.2 Å². The van der Waals surface area contributed by atoms with Crippen LogP contribution in [0.4, 0.5) is 27.6 Å². The van der Waals surface area contributed by atoms with Crippen LogP contribution < -0.4 is 10.2 Å². The lowest BCUT2D eigenvalue weighted by molar-refractivity contribution is 0.00757. The van der Waals surface area contributed by atoms with Crippen LogP contribution in [0.2, 0.25) is 0 Å². The second-order valence-electron chi connectivity index (χ2n) is 8.48. The molecule has 12 heteroatoms. The summed E-state index contributed by atoms with van der Waals surface area (Å²) in [6.07, 6.45) is -2.94. The Bertz CT molecular complexity index is 1240. The average Bonchev–Trinajstić information content (AvgIpc) is 3.23. The van der Waals surface area contributed by atoms with E-state index in [4.69, 9.17) is 16.6 Å². The standard InChI is InChI=1S/C22H18F5N5OS/c23-15-4-3-14(6-17(15)25)32(21(34)31-10-22(11-31)8-28-9-22)7-13-2-1-12(5-16(13)24)19-29-30-20(33-19)18(26)27/h1-6,18,28H,7-11H2. The van der Waals surface area contributed by atoms with Crippen LogP contribution in [0.1, 0.15) is 17.9 Å². The van der Waals surface area contributed by atoms with Crippen LogP contribution in [0.15, 0.2) is 40.8 Å². The summed E-state index contributed by atoms with van der Waals surface area (Å²) in [7, 11) is 0. The minimum absolute atomic E-state index is 0.0656. The van der Waals surface area contributed by atoms with Crippen molar-refractivity contribution in [1.82, 2.24) is 20.4 Å². The summed E-state index contributed by atoms with van der Waals surface area (Å²) >= 11 is 5.64. The molecule has 2 aliphatic rings. The quantitative estimate of drug-likeness (QED) is 0.419. The van der Waals surface area contributed by atoms with Crippen molar-refractivity contribution in [3.05, 3.63) is 65.3 Å². The number of nitrogens with one attached hydrogen (secondary N) is 1. The molecule has 2 fully saturated rings. The zero-order valence-corrected chi connectivity index (χ0v) is 18.4. The van der Waals surface area contributed by atoms with Gasteiger partial charge in [0, 0.05) is 54.5 Å². The van der Waals surface area contributed by atoms with Gasteiger partial charge in [-0.25, -0.2) is 13.2 Å². The van der Waals surface area contributed by atoms with E-state index >= 15 is 4.39 Å². The third-order valence-corrected chi connectivity index (χ3v) is 6.50. The summed E-state index contributed by atoms with van der Waals surface area (Å²) in [5, 5.41) is 10.4. The molecular formula is C22H18F5N5OS. The lowest BCUT2D eigenvalue weighted by Gasteiger charge is -2.57. The van der Waals surface area contributed by atoms with E-state index in [1.54, 1.807) is 0 Å². The number of hydrogen-bond acceptors (Lipinski definition) is 5. The van der Waals surface area contributed by atoms with Gasteiger partial charge in [-0.05, 0) is 36.5 Å². The van der Waals surface area contributed by atoms with Crippen molar-refractivity contribution in [3.63, 3.8) is 0 Å². The van der Waals surface area contributed by atoms with E-state index in [0.717, 1.165) is 31.3 Å². The second kappa shape index (κ2) is 8.58. The number of thiocarbonyl (C=S) groups is 1. The molecule has 178 valence electrons. The third-order valence-electron chi connectivity index (χ3n) is 6.02. The summed E-state index contributed by atoms with van der Waals surface area (Å²) in [6, 6.07) is 7.35. The Morgan fingerprint density at radius 1 is 1.06 bits per heavy atom. The summed E-state index contributed by atoms with van der Waals surface area (Å²) < 4.78 is 72.8. The van der Waals surface area contributed by atoms with E-state index < -0.39 is 29.8 Å². The third kappa shape index (κ3) is 4.11. The van der Waals surface area contributed by atoms with Crippen LogP contribution in [0, 0.1) is 22.9 Å². The Morgan fingerprint density at radius 3 is 2.41 bits per heavy atom. The number of rotatable bonds is 5. The highest BCUT2D eigenvalue weighted by Crippen LogP contribution is 2.36. The van der Waals surface area contributed by atoms with Crippen molar-refractivity contribution in [2.45, 2.75) is 13.0 Å². The number of likely N-dealkylation sites (tertiary alicyclic amines) is 1. The molecule has 0 atom stereocenters. The van der Waals surface area contributed by atoms with Crippen LogP contribution in [-0.2, 0) is 6.54 Å². The van der Waals surface area contributed by atoms with Gasteiger partial charge in [0.2, 0.25) is 5.89 Å². The molecule has 0 bridgehead atoms. The van der Waals surface area contributed by atoms with Crippen molar-refractivity contribution >= 4 is 23.0 Å². The van der Waals surface area contributed by atoms with Gasteiger partial charge < -0.3 is 19.5 Å². The maximum Gasteiger partial charge on any atom is 0.314 e. The first-order valence-corrected chi connectivity index (χ1v) is 10.8. The smallest absolute Gasteiger partial charge is 0.314 e. The summed E-state index contributed by atoms with van der Waals surface area (Å²) in [5.74, 6) is -3.82. The number of anilines is 1. The molecule has 1 spiro atoms. The largest absolute Gasteiger partial charge is 0.415 e. The van der Waals surface area contributed by atoms with Crippen LogP contribution in [0.5, 0.6) is 0 Å². The predicted molar refractivity (Wildman–Crippen MR) is 117 cm³/mol. The molecule has 34 heavy (non-hydrogen) atoms. The van der Waals surface area contributed by atoms with E-state index in [9.17, 15) is 17.6 Å². The molecular weight excluding hydrogens is 477 g/mol. The highest BCUT2D eigenvalue weighted by Gasteiger charge is 2.49. The lowest BCUT2D eigenvalue weighted by Crippen LogP contribution is -2.73. The van der Waals surface area contributed by atoms with E-state index in [1.165, 1.54) is 23.1 Å². The van der Waals surface area contributed by atoms with Crippen LogP contribution in [-0.4, -0.2) is 46.4 Å². The molecule has 1 aromatic heterocycles. The van der Waals surface area contributed by atoms with Gasteiger partial charge in [-0.1, -0.05) is 6.07 Å². The minimum atomic E-state index is -2.94. The predicted octanol–water partition coefficient (Wildman–Crippen LogP) is 4.29. The highest BCUT2D eigenvalue weighted by molar-refractivity contribution is 7.80. The van der Waals surface area contributed by atoms with Gasteiger partial charge in [0.25, 0.3) is 5.89 Å². The number of hydrogen-bond donors (Lipinski definition) is 1. The molecule has 2 saturated heterocycles.